The van der Waals surface area contributed by atoms with E-state index in [0.29, 0.717) is 28.5 Å². The molecule has 0 unspecified atom stereocenters. The van der Waals surface area contributed by atoms with Gasteiger partial charge in [-0.15, -0.1) is 0 Å². The molecule has 0 spiro atoms. The number of para-hydroxylation sites is 1. The number of benzene rings is 2. The fourth-order valence-electron chi connectivity index (χ4n) is 3.95. The average molecular weight is 533 g/mol. The van der Waals surface area contributed by atoms with Crippen molar-refractivity contribution in [3.05, 3.63) is 94.5 Å². The number of hydrogen-bond acceptors (Lipinski definition) is 7. The van der Waals surface area contributed by atoms with Crippen molar-refractivity contribution in [3.63, 3.8) is 0 Å². The first-order chi connectivity index (χ1) is 17.9. The molecule has 3 heterocycles. The minimum Gasteiger partial charge on any atom is -0.292 e. The second-order valence-corrected chi connectivity index (χ2v) is 11.0. The zero-order valence-corrected chi connectivity index (χ0v) is 21.8. The van der Waals surface area contributed by atoms with Crippen LogP contribution in [0.3, 0.4) is 0 Å². The van der Waals surface area contributed by atoms with Crippen LogP contribution in [0.4, 0.5) is 11.5 Å². The van der Waals surface area contributed by atoms with E-state index in [1.54, 1.807) is 37.3 Å². The van der Waals surface area contributed by atoms with Gasteiger partial charge in [-0.05, 0) is 61.9 Å². The van der Waals surface area contributed by atoms with Crippen molar-refractivity contribution in [2.24, 2.45) is 4.99 Å². The van der Waals surface area contributed by atoms with E-state index in [1.807, 2.05) is 31.2 Å². The summed E-state index contributed by atoms with van der Waals surface area (Å²) >= 11 is 1.44. The molecule has 2 aromatic carbocycles. The van der Waals surface area contributed by atoms with E-state index in [0.717, 1.165) is 22.3 Å². The minimum atomic E-state index is -3.80. The SMILES string of the molecule is CCCc1[nH]n(-c2nc3ccccc3s2)c(=O)c1C(C)=Nc1ccc(S(=O)(=O)Nc2ccccn2)cc1. The third kappa shape index (κ3) is 5.09. The molecule has 0 amide bonds. The molecule has 11 heteroatoms. The third-order valence-electron chi connectivity index (χ3n) is 5.65. The number of H-pyrrole nitrogens is 1. The lowest BCUT2D eigenvalue weighted by Gasteiger charge is -2.07. The number of sulfonamides is 1. The number of fused-ring (bicyclic) bond motifs is 1. The highest BCUT2D eigenvalue weighted by Gasteiger charge is 2.20. The maximum absolute atomic E-state index is 13.5. The van der Waals surface area contributed by atoms with Gasteiger partial charge >= 0.3 is 0 Å². The van der Waals surface area contributed by atoms with Gasteiger partial charge in [0, 0.05) is 11.9 Å². The first kappa shape index (κ1) is 24.6. The van der Waals surface area contributed by atoms with Crippen molar-refractivity contribution in [1.29, 1.82) is 0 Å². The average Bonchev–Trinajstić information content (AvgIpc) is 3.45. The van der Waals surface area contributed by atoms with Crippen molar-refractivity contribution in [1.82, 2.24) is 19.7 Å². The molecule has 2 N–H and O–H groups in total. The minimum absolute atomic E-state index is 0.0845. The van der Waals surface area contributed by atoms with E-state index in [2.05, 4.69) is 24.8 Å². The first-order valence-electron chi connectivity index (χ1n) is 11.6. The molecule has 3 aromatic heterocycles. The van der Waals surface area contributed by atoms with Crippen LogP contribution < -0.4 is 10.3 Å². The predicted molar refractivity (Wildman–Crippen MR) is 147 cm³/mol. The number of aromatic amines is 1. The fraction of sp³-hybridized carbons (Fsp3) is 0.154. The van der Waals surface area contributed by atoms with E-state index >= 15 is 0 Å². The Balaban J connectivity index is 1.46. The fourth-order valence-corrected chi connectivity index (χ4v) is 5.88. The zero-order valence-electron chi connectivity index (χ0n) is 20.2. The third-order valence-corrected chi connectivity index (χ3v) is 8.04. The summed E-state index contributed by atoms with van der Waals surface area (Å²) in [6.07, 6.45) is 3.03. The molecule has 188 valence electrons. The molecule has 5 rings (SSSR count). The van der Waals surface area contributed by atoms with Crippen LogP contribution in [-0.4, -0.2) is 33.9 Å². The standard InChI is InChI=1S/C26H24N6O3S2/c1-3-8-21-24(25(33)32(30-21)26-29-20-9-4-5-10-22(20)36-26)17(2)28-18-12-14-19(15-13-18)37(34,35)31-23-11-6-7-16-27-23/h4-7,9-16,30H,3,8H2,1-2H3,(H,27,31). The quantitative estimate of drug-likeness (QED) is 0.270. The van der Waals surface area contributed by atoms with Gasteiger partial charge in [-0.2, -0.15) is 4.68 Å². The summed E-state index contributed by atoms with van der Waals surface area (Å²) in [6.45, 7) is 3.82. The number of hydrogen-bond donors (Lipinski definition) is 2. The van der Waals surface area contributed by atoms with Gasteiger partial charge in [0.15, 0.2) is 0 Å². The topological polar surface area (TPSA) is 122 Å². The van der Waals surface area contributed by atoms with Crippen LogP contribution in [0.25, 0.3) is 15.3 Å². The molecule has 9 nitrogen and oxygen atoms in total. The molecular weight excluding hydrogens is 508 g/mol. The highest BCUT2D eigenvalue weighted by molar-refractivity contribution is 7.92. The number of anilines is 1. The van der Waals surface area contributed by atoms with Gasteiger partial charge in [-0.25, -0.2) is 18.4 Å². The highest BCUT2D eigenvalue weighted by Crippen LogP contribution is 2.25. The molecule has 0 aliphatic heterocycles. The Labute approximate surface area is 217 Å². The lowest BCUT2D eigenvalue weighted by atomic mass is 10.1. The van der Waals surface area contributed by atoms with Gasteiger partial charge in [-0.1, -0.05) is 42.9 Å². The van der Waals surface area contributed by atoms with E-state index < -0.39 is 10.0 Å². The molecule has 0 saturated heterocycles. The van der Waals surface area contributed by atoms with Gasteiger partial charge in [0.2, 0.25) is 5.13 Å². The molecule has 0 fully saturated rings. The lowest BCUT2D eigenvalue weighted by molar-refractivity contribution is 0.601. The largest absolute Gasteiger partial charge is 0.292 e. The van der Waals surface area contributed by atoms with Gasteiger partial charge < -0.3 is 0 Å². The number of aliphatic imine (C=N–C) groups is 1. The zero-order chi connectivity index (χ0) is 26.0. The molecule has 0 aliphatic carbocycles. The number of nitrogens with zero attached hydrogens (tertiary/aromatic N) is 4. The summed E-state index contributed by atoms with van der Waals surface area (Å²) in [4.78, 5) is 26.8. The normalized spacial score (nSPS) is 12.2. The Bertz CT molecular complexity index is 1720. The van der Waals surface area contributed by atoms with Gasteiger partial charge in [0.25, 0.3) is 15.6 Å². The summed E-state index contributed by atoms with van der Waals surface area (Å²) in [6, 6.07) is 18.9. The Morgan fingerprint density at radius 1 is 1.08 bits per heavy atom. The summed E-state index contributed by atoms with van der Waals surface area (Å²) in [7, 11) is -3.80. The van der Waals surface area contributed by atoms with Crippen LogP contribution in [0.5, 0.6) is 0 Å². The van der Waals surface area contributed by atoms with Crippen molar-refractivity contribution in [3.8, 4) is 5.13 Å². The summed E-state index contributed by atoms with van der Waals surface area (Å²) in [5, 5.41) is 3.79. The Morgan fingerprint density at radius 2 is 1.84 bits per heavy atom. The van der Waals surface area contributed by atoms with Gasteiger partial charge in [0.05, 0.1) is 32.1 Å². The Morgan fingerprint density at radius 3 is 2.54 bits per heavy atom. The molecule has 0 radical (unpaired) electrons. The van der Waals surface area contributed by atoms with E-state index in [1.165, 1.54) is 34.3 Å². The number of rotatable bonds is 8. The Hall–Kier alpha value is -4.09. The van der Waals surface area contributed by atoms with Crippen LogP contribution in [0.1, 0.15) is 31.5 Å². The van der Waals surface area contributed by atoms with Gasteiger partial charge in [-0.3, -0.25) is 19.6 Å². The Kier molecular flexibility index (Phi) is 6.72. The second kappa shape index (κ2) is 10.1. The number of thiazole rings is 1. The van der Waals surface area contributed by atoms with Crippen molar-refractivity contribution in [2.45, 2.75) is 31.6 Å². The van der Waals surface area contributed by atoms with Crippen LogP contribution in [0, 0.1) is 0 Å². The van der Waals surface area contributed by atoms with Crippen LogP contribution in [0.15, 0.2) is 87.6 Å². The van der Waals surface area contributed by atoms with E-state index in [9.17, 15) is 13.2 Å². The second-order valence-electron chi connectivity index (χ2n) is 8.33. The van der Waals surface area contributed by atoms with Crippen LogP contribution >= 0.6 is 11.3 Å². The van der Waals surface area contributed by atoms with Crippen LogP contribution in [0.2, 0.25) is 0 Å². The number of aryl methyl sites for hydroxylation is 1. The molecular formula is C26H24N6O3S2. The van der Waals surface area contributed by atoms with Crippen molar-refractivity contribution >= 4 is 48.8 Å². The number of nitrogens with one attached hydrogen (secondary N) is 2. The summed E-state index contributed by atoms with van der Waals surface area (Å²) in [5.41, 5.74) is 2.96. The van der Waals surface area contributed by atoms with Crippen molar-refractivity contribution < 1.29 is 8.42 Å². The monoisotopic (exact) mass is 532 g/mol. The molecule has 0 atom stereocenters. The van der Waals surface area contributed by atoms with Crippen LogP contribution in [-0.2, 0) is 16.4 Å². The van der Waals surface area contributed by atoms with Gasteiger partial charge in [0.1, 0.15) is 5.82 Å². The first-order valence-corrected chi connectivity index (χ1v) is 13.9. The highest BCUT2D eigenvalue weighted by atomic mass is 32.2. The molecule has 0 saturated carbocycles. The van der Waals surface area contributed by atoms with Crippen molar-refractivity contribution in [2.75, 3.05) is 4.72 Å². The number of aromatic nitrogens is 4. The molecule has 5 aromatic rings. The molecule has 0 aliphatic rings. The predicted octanol–water partition coefficient (Wildman–Crippen LogP) is 5.06. The van der Waals surface area contributed by atoms with E-state index in [-0.39, 0.29) is 16.3 Å². The maximum atomic E-state index is 13.5. The summed E-state index contributed by atoms with van der Waals surface area (Å²) in [5.74, 6) is 0.237. The summed E-state index contributed by atoms with van der Waals surface area (Å²) < 4.78 is 30.3. The van der Waals surface area contributed by atoms with E-state index in [4.69, 9.17) is 0 Å². The molecule has 0 bridgehead atoms. The maximum Gasteiger partial charge on any atom is 0.282 e. The number of pyridine rings is 1. The molecule has 37 heavy (non-hydrogen) atoms. The lowest BCUT2D eigenvalue weighted by Crippen LogP contribution is -2.19. The smallest absolute Gasteiger partial charge is 0.282 e.